The fourth-order valence-corrected chi connectivity index (χ4v) is 4.35. The number of aliphatic hydroxyl groups is 2. The van der Waals surface area contributed by atoms with E-state index < -0.39 is 47.8 Å². The Hall–Kier alpha value is -2.49. The Kier molecular flexibility index (Phi) is 6.74. The summed E-state index contributed by atoms with van der Waals surface area (Å²) in [5.74, 6) is -3.91. The number of aliphatic hydroxyl groups excluding tert-OH is 2. The molecule has 4 unspecified atom stereocenters. The Morgan fingerprint density at radius 2 is 1.87 bits per heavy atom. The molecule has 2 fully saturated rings. The first-order valence-corrected chi connectivity index (χ1v) is 10.2. The van der Waals surface area contributed by atoms with Gasteiger partial charge in [-0.15, -0.1) is 0 Å². The molecular formula is C21H28N2O7. The van der Waals surface area contributed by atoms with E-state index in [0.29, 0.717) is 30.8 Å². The largest absolute Gasteiger partial charge is 0.494 e. The Labute approximate surface area is 174 Å². The number of unbranched alkanes of at least 4 members (excludes halogenated alkanes) is 1. The second kappa shape index (κ2) is 9.11. The zero-order valence-electron chi connectivity index (χ0n) is 16.9. The molecule has 0 spiro atoms. The number of nitrogens with one attached hydrogen (secondary N) is 1. The van der Waals surface area contributed by atoms with Crippen molar-refractivity contribution in [3.05, 3.63) is 29.8 Å². The van der Waals surface area contributed by atoms with Gasteiger partial charge in [0.1, 0.15) is 5.75 Å². The second-order valence-electron chi connectivity index (χ2n) is 7.74. The maximum atomic E-state index is 13.1. The van der Waals surface area contributed by atoms with E-state index >= 15 is 0 Å². The first kappa shape index (κ1) is 22.2. The van der Waals surface area contributed by atoms with Gasteiger partial charge in [0.2, 0.25) is 11.8 Å². The van der Waals surface area contributed by atoms with Gasteiger partial charge in [-0.25, -0.2) is 0 Å². The molecule has 4 N–H and O–H groups in total. The van der Waals surface area contributed by atoms with E-state index in [9.17, 15) is 24.6 Å². The van der Waals surface area contributed by atoms with Crippen LogP contribution < -0.4 is 10.1 Å². The van der Waals surface area contributed by atoms with Gasteiger partial charge in [-0.3, -0.25) is 24.6 Å². The predicted molar refractivity (Wildman–Crippen MR) is 106 cm³/mol. The molecule has 0 aliphatic carbocycles. The van der Waals surface area contributed by atoms with Gasteiger partial charge < -0.3 is 20.1 Å². The van der Waals surface area contributed by atoms with E-state index in [-0.39, 0.29) is 13.2 Å². The number of carboxylic acid groups (broad SMARTS) is 1. The number of imide groups is 1. The molecule has 9 heteroatoms. The highest BCUT2D eigenvalue weighted by atomic mass is 16.5. The van der Waals surface area contributed by atoms with E-state index in [4.69, 9.17) is 9.84 Å². The lowest BCUT2D eigenvalue weighted by Crippen LogP contribution is -2.58. The number of nitrogens with zero attached hydrogens (tertiary/aromatic N) is 1. The Morgan fingerprint density at radius 3 is 2.43 bits per heavy atom. The molecule has 2 saturated heterocycles. The number of fused-ring (bicyclic) bond motifs is 1. The smallest absolute Gasteiger partial charge is 0.327 e. The van der Waals surface area contributed by atoms with E-state index in [1.54, 1.807) is 24.3 Å². The van der Waals surface area contributed by atoms with Crippen LogP contribution in [0.15, 0.2) is 24.3 Å². The first-order chi connectivity index (χ1) is 14.4. The molecule has 0 saturated carbocycles. The van der Waals surface area contributed by atoms with Crippen LogP contribution in [0.1, 0.15) is 37.8 Å². The normalized spacial score (nSPS) is 28.1. The van der Waals surface area contributed by atoms with Crippen LogP contribution in [0.2, 0.25) is 0 Å². The molecule has 1 aromatic rings. The number of likely N-dealkylation sites (tertiary alicyclic amines) is 1. The number of carbonyl (C=O) groups is 3. The molecule has 1 aromatic carbocycles. The van der Waals surface area contributed by atoms with Crippen LogP contribution in [0, 0.1) is 11.8 Å². The fraction of sp³-hybridized carbons (Fsp3) is 0.571. The lowest BCUT2D eigenvalue weighted by Gasteiger charge is -2.29. The molecule has 2 heterocycles. The lowest BCUT2D eigenvalue weighted by molar-refractivity contribution is -0.153. The highest BCUT2D eigenvalue weighted by molar-refractivity contribution is 6.09. The van der Waals surface area contributed by atoms with Crippen molar-refractivity contribution < 1.29 is 34.4 Å². The van der Waals surface area contributed by atoms with Crippen molar-refractivity contribution in [1.82, 2.24) is 10.2 Å². The van der Waals surface area contributed by atoms with Gasteiger partial charge in [0, 0.05) is 19.2 Å². The van der Waals surface area contributed by atoms with Gasteiger partial charge in [-0.1, -0.05) is 19.1 Å². The zero-order chi connectivity index (χ0) is 21.9. The maximum absolute atomic E-state index is 13.1. The average Bonchev–Trinajstić information content (AvgIpc) is 3.22. The van der Waals surface area contributed by atoms with Crippen molar-refractivity contribution in [3.8, 4) is 5.75 Å². The summed E-state index contributed by atoms with van der Waals surface area (Å²) < 4.78 is 5.57. The summed E-state index contributed by atoms with van der Waals surface area (Å²) in [6.07, 6.45) is 1.71. The van der Waals surface area contributed by atoms with Crippen molar-refractivity contribution in [2.75, 3.05) is 26.4 Å². The third-order valence-corrected chi connectivity index (χ3v) is 5.88. The third-order valence-electron chi connectivity index (χ3n) is 5.88. The van der Waals surface area contributed by atoms with Gasteiger partial charge >= 0.3 is 5.97 Å². The summed E-state index contributed by atoms with van der Waals surface area (Å²) >= 11 is 0. The van der Waals surface area contributed by atoms with E-state index in [2.05, 4.69) is 5.32 Å². The fourth-order valence-electron chi connectivity index (χ4n) is 4.35. The molecule has 4 atom stereocenters. The van der Waals surface area contributed by atoms with Crippen LogP contribution in [0.25, 0.3) is 0 Å². The number of rotatable bonds is 10. The van der Waals surface area contributed by atoms with Gasteiger partial charge in [0.15, 0.2) is 5.54 Å². The van der Waals surface area contributed by atoms with Crippen molar-refractivity contribution in [2.45, 2.75) is 37.8 Å². The molecular weight excluding hydrogens is 392 g/mol. The Balaban J connectivity index is 1.94. The Bertz CT molecular complexity index is 797. The van der Waals surface area contributed by atoms with Crippen molar-refractivity contribution >= 4 is 17.8 Å². The van der Waals surface area contributed by atoms with Crippen LogP contribution in [-0.4, -0.2) is 69.9 Å². The topological polar surface area (TPSA) is 136 Å². The molecule has 3 rings (SSSR count). The average molecular weight is 420 g/mol. The minimum absolute atomic E-state index is 0.0601. The van der Waals surface area contributed by atoms with Gasteiger partial charge in [-0.05, 0) is 37.0 Å². The van der Waals surface area contributed by atoms with Crippen LogP contribution in [-0.2, 0) is 14.4 Å². The number of hydrogen-bond acceptors (Lipinski definition) is 7. The SMILES string of the molecule is CCCOc1ccc(C2NC(CO)(C(=O)O)C3C(=O)N(CCCCO)C(=O)C23)cc1. The van der Waals surface area contributed by atoms with Crippen molar-refractivity contribution in [1.29, 1.82) is 0 Å². The molecule has 30 heavy (non-hydrogen) atoms. The summed E-state index contributed by atoms with van der Waals surface area (Å²) in [7, 11) is 0. The van der Waals surface area contributed by atoms with Gasteiger partial charge in [-0.2, -0.15) is 0 Å². The highest BCUT2D eigenvalue weighted by Crippen LogP contribution is 2.48. The molecule has 0 bridgehead atoms. The second-order valence-corrected chi connectivity index (χ2v) is 7.74. The molecule has 164 valence electrons. The number of hydrogen-bond donors (Lipinski definition) is 4. The lowest BCUT2D eigenvalue weighted by atomic mass is 9.79. The summed E-state index contributed by atoms with van der Waals surface area (Å²) in [5, 5.41) is 31.7. The highest BCUT2D eigenvalue weighted by Gasteiger charge is 2.68. The number of carbonyl (C=O) groups excluding carboxylic acids is 2. The molecule has 9 nitrogen and oxygen atoms in total. The minimum Gasteiger partial charge on any atom is -0.494 e. The monoisotopic (exact) mass is 420 g/mol. The summed E-state index contributed by atoms with van der Waals surface area (Å²) in [6, 6.07) is 6.21. The van der Waals surface area contributed by atoms with E-state index in [0.717, 1.165) is 11.3 Å². The predicted octanol–water partition coefficient (Wildman–Crippen LogP) is 0.309. The van der Waals surface area contributed by atoms with E-state index in [1.165, 1.54) is 0 Å². The first-order valence-electron chi connectivity index (χ1n) is 10.2. The van der Waals surface area contributed by atoms with E-state index in [1.807, 2.05) is 6.92 Å². The molecule has 2 aliphatic rings. The standard InChI is InChI=1S/C21H28N2O7/c1-2-11-30-14-7-5-13(6-8-14)17-15-16(21(12-25,22-17)20(28)29)19(27)23(18(15)26)9-3-4-10-24/h5-8,15-17,22,24-25H,2-4,9-12H2,1H3,(H,28,29). The van der Waals surface area contributed by atoms with Crippen LogP contribution >= 0.6 is 0 Å². The number of benzene rings is 1. The van der Waals surface area contributed by atoms with Crippen LogP contribution in [0.5, 0.6) is 5.75 Å². The minimum atomic E-state index is -1.94. The Morgan fingerprint density at radius 1 is 1.17 bits per heavy atom. The van der Waals surface area contributed by atoms with Crippen LogP contribution in [0.4, 0.5) is 0 Å². The molecule has 0 radical (unpaired) electrons. The van der Waals surface area contributed by atoms with Gasteiger partial charge in [0.25, 0.3) is 0 Å². The molecule has 2 amide bonds. The number of amides is 2. The zero-order valence-corrected chi connectivity index (χ0v) is 16.9. The quantitative estimate of drug-likeness (QED) is 0.314. The molecule has 2 aliphatic heterocycles. The van der Waals surface area contributed by atoms with Crippen LogP contribution in [0.3, 0.4) is 0 Å². The maximum Gasteiger partial charge on any atom is 0.327 e. The van der Waals surface area contributed by atoms with Crippen molar-refractivity contribution in [3.63, 3.8) is 0 Å². The number of carboxylic acids is 1. The van der Waals surface area contributed by atoms with Crippen molar-refractivity contribution in [2.24, 2.45) is 11.8 Å². The number of aliphatic carboxylic acids is 1. The summed E-state index contributed by atoms with van der Waals surface area (Å²) in [5.41, 5.74) is -1.30. The number of ether oxygens (including phenoxy) is 1. The summed E-state index contributed by atoms with van der Waals surface area (Å²) in [4.78, 5) is 39.3. The molecule has 0 aromatic heterocycles. The van der Waals surface area contributed by atoms with Gasteiger partial charge in [0.05, 0.1) is 25.0 Å². The third kappa shape index (κ3) is 3.68. The summed E-state index contributed by atoms with van der Waals surface area (Å²) in [6.45, 7) is 1.79.